The molecule has 1 aliphatic carbocycles. The minimum atomic E-state index is -2.66. The van der Waals surface area contributed by atoms with Crippen LogP contribution in [-0.4, -0.2) is 40.9 Å². The van der Waals surface area contributed by atoms with Crippen molar-refractivity contribution in [1.82, 2.24) is 4.90 Å². The molecule has 0 aromatic carbocycles. The molecule has 0 aromatic rings. The van der Waals surface area contributed by atoms with Crippen LogP contribution in [0.25, 0.3) is 0 Å². The Hall–Kier alpha value is -1.20. The first-order valence-electron chi connectivity index (χ1n) is 5.77. The second kappa shape index (κ2) is 4.23. The smallest absolute Gasteiger partial charge is 0.303 e. The number of carboxylic acids is 1. The molecular formula is C11H15F2NO3. The number of hydrogen-bond acceptors (Lipinski definition) is 2. The van der Waals surface area contributed by atoms with Crippen molar-refractivity contribution in [2.75, 3.05) is 13.1 Å². The Bertz CT molecular complexity index is 346. The first-order chi connectivity index (χ1) is 7.90. The van der Waals surface area contributed by atoms with Gasteiger partial charge in [-0.15, -0.1) is 0 Å². The number of alkyl halides is 2. The Labute approximate surface area is 97.6 Å². The van der Waals surface area contributed by atoms with E-state index in [1.165, 1.54) is 4.90 Å². The van der Waals surface area contributed by atoms with Gasteiger partial charge in [0.25, 0.3) is 5.92 Å². The van der Waals surface area contributed by atoms with Crippen molar-refractivity contribution in [3.05, 3.63) is 0 Å². The molecule has 0 bridgehead atoms. The van der Waals surface area contributed by atoms with Crippen LogP contribution in [0.1, 0.15) is 25.7 Å². The lowest BCUT2D eigenvalue weighted by Gasteiger charge is -2.20. The summed E-state index contributed by atoms with van der Waals surface area (Å²) in [6.45, 7) is 0.439. The Morgan fingerprint density at radius 2 is 2.00 bits per heavy atom. The van der Waals surface area contributed by atoms with E-state index in [4.69, 9.17) is 5.11 Å². The third-order valence-corrected chi connectivity index (χ3v) is 3.74. The lowest BCUT2D eigenvalue weighted by atomic mass is 9.99. The van der Waals surface area contributed by atoms with Crippen LogP contribution in [0.3, 0.4) is 0 Å². The molecule has 0 aromatic heterocycles. The molecular weight excluding hydrogens is 232 g/mol. The van der Waals surface area contributed by atoms with Gasteiger partial charge in [0.15, 0.2) is 0 Å². The van der Waals surface area contributed by atoms with Crippen molar-refractivity contribution in [3.63, 3.8) is 0 Å². The fraction of sp³-hybridized carbons (Fsp3) is 0.818. The Morgan fingerprint density at radius 3 is 2.59 bits per heavy atom. The number of amides is 1. The molecule has 1 amide bonds. The van der Waals surface area contributed by atoms with Gasteiger partial charge in [0.05, 0.1) is 6.42 Å². The molecule has 2 rings (SSSR count). The zero-order valence-corrected chi connectivity index (χ0v) is 9.36. The number of nitrogens with zero attached hydrogens (tertiary/aromatic N) is 1. The average Bonchev–Trinajstić information content (AvgIpc) is 2.77. The van der Waals surface area contributed by atoms with Crippen molar-refractivity contribution in [3.8, 4) is 0 Å². The van der Waals surface area contributed by atoms with E-state index in [9.17, 15) is 18.4 Å². The van der Waals surface area contributed by atoms with E-state index in [0.717, 1.165) is 0 Å². The molecule has 2 atom stereocenters. The van der Waals surface area contributed by atoms with Crippen LogP contribution in [0.5, 0.6) is 0 Å². The number of hydrogen-bond donors (Lipinski definition) is 1. The zero-order chi connectivity index (χ0) is 12.6. The van der Waals surface area contributed by atoms with E-state index >= 15 is 0 Å². The van der Waals surface area contributed by atoms with Gasteiger partial charge in [-0.05, 0) is 12.3 Å². The first-order valence-corrected chi connectivity index (χ1v) is 5.77. The minimum absolute atomic E-state index is 0.0795. The third kappa shape index (κ3) is 2.40. The summed E-state index contributed by atoms with van der Waals surface area (Å²) in [5, 5.41) is 8.46. The monoisotopic (exact) mass is 247 g/mol. The van der Waals surface area contributed by atoms with Gasteiger partial charge in [0, 0.05) is 31.8 Å². The van der Waals surface area contributed by atoms with Crippen molar-refractivity contribution < 1.29 is 23.5 Å². The van der Waals surface area contributed by atoms with Gasteiger partial charge in [-0.1, -0.05) is 0 Å². The summed E-state index contributed by atoms with van der Waals surface area (Å²) in [6, 6.07) is 0. The van der Waals surface area contributed by atoms with E-state index in [1.54, 1.807) is 0 Å². The summed E-state index contributed by atoms with van der Waals surface area (Å²) in [7, 11) is 0. The first kappa shape index (κ1) is 12.3. The summed E-state index contributed by atoms with van der Waals surface area (Å²) in [5.74, 6) is -4.86. The van der Waals surface area contributed by atoms with Crippen LogP contribution in [0.2, 0.25) is 0 Å². The standard InChI is InChI=1S/C11H15F2NO3/c12-11(13)4-3-7-5-14(6-8(7)11)9(15)1-2-10(16)17/h7-8H,1-6H2,(H,16,17)/t7-,8-/m1/s1. The van der Waals surface area contributed by atoms with Gasteiger partial charge < -0.3 is 10.0 Å². The molecule has 0 radical (unpaired) electrons. The molecule has 0 unspecified atom stereocenters. The molecule has 4 nitrogen and oxygen atoms in total. The fourth-order valence-corrected chi connectivity index (χ4v) is 2.78. The highest BCUT2D eigenvalue weighted by atomic mass is 19.3. The largest absolute Gasteiger partial charge is 0.481 e. The van der Waals surface area contributed by atoms with Gasteiger partial charge >= 0.3 is 5.97 Å². The highest BCUT2D eigenvalue weighted by Gasteiger charge is 2.54. The summed E-state index contributed by atoms with van der Waals surface area (Å²) in [4.78, 5) is 23.3. The number of fused-ring (bicyclic) bond motifs is 1. The molecule has 1 saturated heterocycles. The highest BCUT2D eigenvalue weighted by Crippen LogP contribution is 2.48. The molecule has 2 aliphatic rings. The third-order valence-electron chi connectivity index (χ3n) is 3.74. The number of aliphatic carboxylic acids is 1. The van der Waals surface area contributed by atoms with E-state index in [0.29, 0.717) is 13.0 Å². The fourth-order valence-electron chi connectivity index (χ4n) is 2.78. The van der Waals surface area contributed by atoms with E-state index in [-0.39, 0.29) is 37.6 Å². The van der Waals surface area contributed by atoms with Crippen molar-refractivity contribution in [2.45, 2.75) is 31.6 Å². The lowest BCUT2D eigenvalue weighted by molar-refractivity contribution is -0.140. The van der Waals surface area contributed by atoms with Crippen LogP contribution in [-0.2, 0) is 9.59 Å². The summed E-state index contributed by atoms with van der Waals surface area (Å²) in [5.41, 5.74) is 0. The lowest BCUT2D eigenvalue weighted by Crippen LogP contribution is -2.33. The van der Waals surface area contributed by atoms with E-state index in [1.807, 2.05) is 0 Å². The molecule has 17 heavy (non-hydrogen) atoms. The molecule has 1 saturated carbocycles. The molecule has 2 fully saturated rings. The quantitative estimate of drug-likeness (QED) is 0.819. The molecule has 1 aliphatic heterocycles. The van der Waals surface area contributed by atoms with Gasteiger partial charge in [-0.25, -0.2) is 8.78 Å². The minimum Gasteiger partial charge on any atom is -0.481 e. The average molecular weight is 247 g/mol. The maximum Gasteiger partial charge on any atom is 0.303 e. The summed E-state index contributed by atoms with van der Waals surface area (Å²) >= 11 is 0. The van der Waals surface area contributed by atoms with Crippen LogP contribution < -0.4 is 0 Å². The molecule has 0 spiro atoms. The second-order valence-electron chi connectivity index (χ2n) is 4.86. The SMILES string of the molecule is O=C(O)CCC(=O)N1C[C@H]2CCC(F)(F)[C@@H]2C1. The second-order valence-corrected chi connectivity index (χ2v) is 4.86. The van der Waals surface area contributed by atoms with Gasteiger partial charge in [0.2, 0.25) is 5.91 Å². The van der Waals surface area contributed by atoms with Crippen LogP contribution in [0.4, 0.5) is 8.78 Å². The predicted octanol–water partition coefficient (Wildman–Crippen LogP) is 1.35. The number of carbonyl (C=O) groups excluding carboxylic acids is 1. The number of carbonyl (C=O) groups is 2. The number of likely N-dealkylation sites (tertiary alicyclic amines) is 1. The van der Waals surface area contributed by atoms with E-state index in [2.05, 4.69) is 0 Å². The number of halogens is 2. The Kier molecular flexibility index (Phi) is 3.05. The molecule has 1 heterocycles. The number of rotatable bonds is 3. The molecule has 96 valence electrons. The Balaban J connectivity index is 1.90. The topological polar surface area (TPSA) is 57.6 Å². The van der Waals surface area contributed by atoms with Crippen LogP contribution >= 0.6 is 0 Å². The molecule has 1 N–H and O–H groups in total. The van der Waals surface area contributed by atoms with Gasteiger partial charge in [0.1, 0.15) is 0 Å². The summed E-state index contributed by atoms with van der Waals surface area (Å²) in [6.07, 6.45) is 0.0429. The van der Waals surface area contributed by atoms with Crippen molar-refractivity contribution in [2.24, 2.45) is 11.8 Å². The van der Waals surface area contributed by atoms with Crippen LogP contribution in [0.15, 0.2) is 0 Å². The van der Waals surface area contributed by atoms with Crippen LogP contribution in [0, 0.1) is 11.8 Å². The van der Waals surface area contributed by atoms with E-state index < -0.39 is 17.8 Å². The predicted molar refractivity (Wildman–Crippen MR) is 54.6 cm³/mol. The molecule has 6 heteroatoms. The van der Waals surface area contributed by atoms with Crippen molar-refractivity contribution in [1.29, 1.82) is 0 Å². The summed E-state index contributed by atoms with van der Waals surface area (Å²) < 4.78 is 26.8. The Morgan fingerprint density at radius 1 is 1.29 bits per heavy atom. The van der Waals surface area contributed by atoms with Gasteiger partial charge in [-0.3, -0.25) is 9.59 Å². The normalized spacial score (nSPS) is 30.4. The maximum absolute atomic E-state index is 13.4. The maximum atomic E-state index is 13.4. The highest BCUT2D eigenvalue weighted by molar-refractivity contribution is 5.81. The van der Waals surface area contributed by atoms with Crippen molar-refractivity contribution >= 4 is 11.9 Å². The zero-order valence-electron chi connectivity index (χ0n) is 9.36. The number of carboxylic acid groups (broad SMARTS) is 1. The van der Waals surface area contributed by atoms with Gasteiger partial charge in [-0.2, -0.15) is 0 Å².